The van der Waals surface area contributed by atoms with Crippen LogP contribution in [0.15, 0.2) is 18.2 Å². The molecule has 2 rings (SSSR count). The first kappa shape index (κ1) is 13.9. The number of benzene rings is 1. The fraction of sp³-hybridized carbons (Fsp3) is 0.364. The molecule has 1 aliphatic heterocycles. The third-order valence-corrected chi connectivity index (χ3v) is 2.54. The summed E-state index contributed by atoms with van der Waals surface area (Å²) >= 11 is 0. The number of carbonyl (C=O) groups excluding carboxylic acids is 1. The van der Waals surface area contributed by atoms with E-state index in [1.807, 2.05) is 0 Å². The van der Waals surface area contributed by atoms with Crippen molar-refractivity contribution < 1.29 is 13.6 Å². The van der Waals surface area contributed by atoms with E-state index >= 15 is 0 Å². The number of hydrogen-bond acceptors (Lipinski definition) is 2. The van der Waals surface area contributed by atoms with Crippen LogP contribution in [0, 0.1) is 11.6 Å². The van der Waals surface area contributed by atoms with Gasteiger partial charge in [-0.15, -0.1) is 12.4 Å². The molecule has 0 spiro atoms. The van der Waals surface area contributed by atoms with E-state index in [9.17, 15) is 13.6 Å². The summed E-state index contributed by atoms with van der Waals surface area (Å²) in [5.41, 5.74) is 0.606. The van der Waals surface area contributed by atoms with Gasteiger partial charge in [0.05, 0.1) is 6.54 Å². The molecule has 1 aliphatic rings. The summed E-state index contributed by atoms with van der Waals surface area (Å²) in [5.74, 6) is -1.76. The van der Waals surface area contributed by atoms with E-state index in [2.05, 4.69) is 5.32 Å². The summed E-state index contributed by atoms with van der Waals surface area (Å²) < 4.78 is 25.6. The number of piperazine rings is 1. The van der Waals surface area contributed by atoms with Crippen LogP contribution in [0.25, 0.3) is 0 Å². The SMILES string of the molecule is Cl.O=C1CNCCN1Cc1ccc(F)c(F)c1. The van der Waals surface area contributed by atoms with E-state index in [0.29, 0.717) is 25.2 Å². The van der Waals surface area contributed by atoms with Gasteiger partial charge in [-0.2, -0.15) is 0 Å². The highest BCUT2D eigenvalue weighted by Crippen LogP contribution is 2.11. The van der Waals surface area contributed by atoms with Gasteiger partial charge in [-0.05, 0) is 17.7 Å². The van der Waals surface area contributed by atoms with Gasteiger partial charge in [0.2, 0.25) is 5.91 Å². The Hall–Kier alpha value is -1.20. The van der Waals surface area contributed by atoms with Gasteiger partial charge < -0.3 is 10.2 Å². The lowest BCUT2D eigenvalue weighted by atomic mass is 10.2. The Bertz CT molecular complexity index is 414. The van der Waals surface area contributed by atoms with Crippen LogP contribution in [-0.2, 0) is 11.3 Å². The second kappa shape index (κ2) is 5.93. The van der Waals surface area contributed by atoms with Crippen LogP contribution in [0.1, 0.15) is 5.56 Å². The molecule has 3 nitrogen and oxygen atoms in total. The summed E-state index contributed by atoms with van der Waals surface area (Å²) in [7, 11) is 0. The number of hydrogen-bond donors (Lipinski definition) is 1. The molecule has 1 N–H and O–H groups in total. The van der Waals surface area contributed by atoms with Crippen LogP contribution < -0.4 is 5.32 Å². The zero-order chi connectivity index (χ0) is 11.5. The van der Waals surface area contributed by atoms with E-state index in [4.69, 9.17) is 0 Å². The van der Waals surface area contributed by atoms with Crippen molar-refractivity contribution in [2.45, 2.75) is 6.54 Å². The number of carbonyl (C=O) groups is 1. The van der Waals surface area contributed by atoms with E-state index in [1.165, 1.54) is 6.07 Å². The van der Waals surface area contributed by atoms with Crippen molar-refractivity contribution in [2.75, 3.05) is 19.6 Å². The smallest absolute Gasteiger partial charge is 0.236 e. The Labute approximate surface area is 104 Å². The van der Waals surface area contributed by atoms with Crippen LogP contribution >= 0.6 is 12.4 Å². The van der Waals surface area contributed by atoms with Crippen LogP contribution in [-0.4, -0.2) is 30.4 Å². The molecule has 0 aromatic heterocycles. The highest BCUT2D eigenvalue weighted by Gasteiger charge is 2.17. The molecule has 1 aromatic carbocycles. The van der Waals surface area contributed by atoms with Gasteiger partial charge >= 0.3 is 0 Å². The molecule has 0 saturated carbocycles. The lowest BCUT2D eigenvalue weighted by Gasteiger charge is -2.27. The van der Waals surface area contributed by atoms with Crippen molar-refractivity contribution in [2.24, 2.45) is 0 Å². The van der Waals surface area contributed by atoms with E-state index in [0.717, 1.165) is 18.7 Å². The van der Waals surface area contributed by atoms with Gasteiger partial charge in [-0.25, -0.2) is 8.78 Å². The molecule has 17 heavy (non-hydrogen) atoms. The molecular weight excluding hydrogens is 250 g/mol. The number of nitrogens with zero attached hydrogens (tertiary/aromatic N) is 1. The third kappa shape index (κ3) is 3.38. The number of amides is 1. The predicted octanol–water partition coefficient (Wildman–Crippen LogP) is 1.32. The molecular formula is C11H13ClF2N2O. The highest BCUT2D eigenvalue weighted by molar-refractivity contribution is 5.85. The second-order valence-corrected chi connectivity index (χ2v) is 3.74. The molecule has 1 fully saturated rings. The lowest BCUT2D eigenvalue weighted by Crippen LogP contribution is -2.47. The molecule has 0 unspecified atom stereocenters. The van der Waals surface area contributed by atoms with Crippen LogP contribution in [0.5, 0.6) is 0 Å². The number of halogens is 3. The fourth-order valence-corrected chi connectivity index (χ4v) is 1.67. The summed E-state index contributed by atoms with van der Waals surface area (Å²) in [6, 6.07) is 3.70. The first-order chi connectivity index (χ1) is 7.66. The Morgan fingerprint density at radius 1 is 1.29 bits per heavy atom. The molecule has 1 heterocycles. The first-order valence-electron chi connectivity index (χ1n) is 5.09. The first-order valence-corrected chi connectivity index (χ1v) is 5.09. The molecule has 0 radical (unpaired) electrons. The topological polar surface area (TPSA) is 32.3 Å². The number of nitrogens with one attached hydrogen (secondary N) is 1. The molecule has 94 valence electrons. The van der Waals surface area contributed by atoms with Gasteiger partial charge in [0.25, 0.3) is 0 Å². The zero-order valence-electron chi connectivity index (χ0n) is 9.08. The van der Waals surface area contributed by atoms with Gasteiger partial charge in [-0.1, -0.05) is 6.07 Å². The normalized spacial score (nSPS) is 15.6. The van der Waals surface area contributed by atoms with Crippen molar-refractivity contribution in [3.8, 4) is 0 Å². The van der Waals surface area contributed by atoms with E-state index in [-0.39, 0.29) is 18.3 Å². The predicted molar refractivity (Wildman–Crippen MR) is 61.9 cm³/mol. The molecule has 0 aliphatic carbocycles. The average Bonchev–Trinajstić information content (AvgIpc) is 2.27. The summed E-state index contributed by atoms with van der Waals surface area (Å²) in [6.45, 7) is 1.97. The van der Waals surface area contributed by atoms with Crippen molar-refractivity contribution in [3.05, 3.63) is 35.4 Å². The highest BCUT2D eigenvalue weighted by atomic mass is 35.5. The fourth-order valence-electron chi connectivity index (χ4n) is 1.67. The van der Waals surface area contributed by atoms with Crippen molar-refractivity contribution in [1.29, 1.82) is 0 Å². The molecule has 0 bridgehead atoms. The number of rotatable bonds is 2. The quantitative estimate of drug-likeness (QED) is 0.872. The van der Waals surface area contributed by atoms with E-state index in [1.54, 1.807) is 4.90 Å². The van der Waals surface area contributed by atoms with Gasteiger partial charge in [0.15, 0.2) is 11.6 Å². The lowest BCUT2D eigenvalue weighted by molar-refractivity contribution is -0.132. The molecule has 1 amide bonds. The maximum atomic E-state index is 12.9. The summed E-state index contributed by atoms with van der Waals surface area (Å²) in [6.07, 6.45) is 0. The maximum absolute atomic E-state index is 12.9. The van der Waals surface area contributed by atoms with Gasteiger partial charge in [0.1, 0.15) is 0 Å². The standard InChI is InChI=1S/C11H12F2N2O.ClH/c12-9-2-1-8(5-10(9)13)7-15-4-3-14-6-11(15)16;/h1-2,5,14H,3-4,6-7H2;1H. The van der Waals surface area contributed by atoms with Crippen LogP contribution in [0.4, 0.5) is 8.78 Å². The molecule has 6 heteroatoms. The van der Waals surface area contributed by atoms with Gasteiger partial charge in [-0.3, -0.25) is 4.79 Å². The Morgan fingerprint density at radius 3 is 2.71 bits per heavy atom. The summed E-state index contributed by atoms with van der Waals surface area (Å²) in [5, 5.41) is 2.95. The average molecular weight is 263 g/mol. The third-order valence-electron chi connectivity index (χ3n) is 2.54. The zero-order valence-corrected chi connectivity index (χ0v) is 9.90. The van der Waals surface area contributed by atoms with Gasteiger partial charge in [0, 0.05) is 19.6 Å². The maximum Gasteiger partial charge on any atom is 0.236 e. The van der Waals surface area contributed by atoms with Crippen molar-refractivity contribution in [3.63, 3.8) is 0 Å². The Balaban J connectivity index is 0.00000144. The monoisotopic (exact) mass is 262 g/mol. The summed E-state index contributed by atoms with van der Waals surface area (Å²) in [4.78, 5) is 13.1. The second-order valence-electron chi connectivity index (χ2n) is 3.74. The minimum Gasteiger partial charge on any atom is -0.336 e. The molecule has 1 saturated heterocycles. The molecule has 0 atom stereocenters. The molecule has 1 aromatic rings. The Kier molecular flexibility index (Phi) is 4.84. The Morgan fingerprint density at radius 2 is 2.06 bits per heavy atom. The largest absolute Gasteiger partial charge is 0.336 e. The minimum atomic E-state index is -0.875. The minimum absolute atomic E-state index is 0. The van der Waals surface area contributed by atoms with Crippen molar-refractivity contribution in [1.82, 2.24) is 10.2 Å². The van der Waals surface area contributed by atoms with Crippen LogP contribution in [0.2, 0.25) is 0 Å². The van der Waals surface area contributed by atoms with Crippen molar-refractivity contribution >= 4 is 18.3 Å². The van der Waals surface area contributed by atoms with E-state index < -0.39 is 11.6 Å². The van der Waals surface area contributed by atoms with Crippen LogP contribution in [0.3, 0.4) is 0 Å².